The Bertz CT molecular complexity index is 664. The van der Waals surface area contributed by atoms with Crippen LogP contribution in [0.2, 0.25) is 0 Å². The molecule has 0 saturated carbocycles. The molecule has 1 fully saturated rings. The van der Waals surface area contributed by atoms with Gasteiger partial charge in [-0.25, -0.2) is 4.98 Å². The number of amides is 2. The Hall–Kier alpha value is -2.37. The van der Waals surface area contributed by atoms with Crippen molar-refractivity contribution in [3.05, 3.63) is 30.1 Å². The molecule has 1 aliphatic rings. The number of rotatable bonds is 3. The molecule has 0 bridgehead atoms. The lowest BCUT2D eigenvalue weighted by Gasteiger charge is -2.15. The van der Waals surface area contributed by atoms with Gasteiger partial charge in [0, 0.05) is 37.3 Å². The van der Waals surface area contributed by atoms with Gasteiger partial charge in [-0.15, -0.1) is 0 Å². The summed E-state index contributed by atoms with van der Waals surface area (Å²) in [5.41, 5.74) is 6.55. The van der Waals surface area contributed by atoms with Crippen molar-refractivity contribution in [3.8, 4) is 0 Å². The first kappa shape index (κ1) is 12.7. The molecule has 6 nitrogen and oxygen atoms in total. The summed E-state index contributed by atoms with van der Waals surface area (Å²) in [6.07, 6.45) is 4.56. The minimum atomic E-state index is -0.305. The summed E-state index contributed by atoms with van der Waals surface area (Å²) < 4.78 is 0. The summed E-state index contributed by atoms with van der Waals surface area (Å²) in [5.74, 6) is -0.142. The maximum atomic E-state index is 12.5. The highest BCUT2D eigenvalue weighted by atomic mass is 16.2. The largest absolute Gasteiger partial charge is 0.370 e. The molecule has 3 N–H and O–H groups in total. The van der Waals surface area contributed by atoms with Crippen LogP contribution >= 0.6 is 0 Å². The zero-order valence-electron chi connectivity index (χ0n) is 11.0. The summed E-state index contributed by atoms with van der Waals surface area (Å²) >= 11 is 0. The van der Waals surface area contributed by atoms with Crippen LogP contribution in [-0.2, 0) is 4.79 Å². The quantitative estimate of drug-likeness (QED) is 0.869. The lowest BCUT2D eigenvalue weighted by Crippen LogP contribution is -2.29. The van der Waals surface area contributed by atoms with Crippen molar-refractivity contribution in [2.75, 3.05) is 13.1 Å². The first-order valence-electron chi connectivity index (χ1n) is 6.65. The zero-order valence-corrected chi connectivity index (χ0v) is 11.0. The molecule has 0 aromatic carbocycles. The van der Waals surface area contributed by atoms with E-state index in [0.717, 1.165) is 11.8 Å². The molecule has 0 aliphatic carbocycles. The standard InChI is InChI=1S/C14H16N4O2/c15-12(19)6-9-3-5-18(8-9)14(20)11-7-17-13-10(11)2-1-4-16-13/h1-2,4,7,9H,3,5-6,8H2,(H2,15,19)(H,16,17). The number of aromatic nitrogens is 2. The number of primary amides is 1. The van der Waals surface area contributed by atoms with E-state index in [-0.39, 0.29) is 17.7 Å². The average Bonchev–Trinajstić information content (AvgIpc) is 3.03. The average molecular weight is 272 g/mol. The molecule has 20 heavy (non-hydrogen) atoms. The second-order valence-corrected chi connectivity index (χ2v) is 5.18. The fourth-order valence-corrected chi connectivity index (χ4v) is 2.77. The van der Waals surface area contributed by atoms with Crippen LogP contribution in [0.15, 0.2) is 24.5 Å². The number of pyridine rings is 1. The molecule has 1 aliphatic heterocycles. The fourth-order valence-electron chi connectivity index (χ4n) is 2.77. The Morgan fingerprint density at radius 3 is 3.15 bits per heavy atom. The summed E-state index contributed by atoms with van der Waals surface area (Å²) in [6, 6.07) is 3.69. The van der Waals surface area contributed by atoms with Crippen molar-refractivity contribution < 1.29 is 9.59 Å². The van der Waals surface area contributed by atoms with Gasteiger partial charge >= 0.3 is 0 Å². The molecule has 2 aromatic rings. The molecule has 1 atom stereocenters. The van der Waals surface area contributed by atoms with Crippen LogP contribution < -0.4 is 5.73 Å². The first-order valence-corrected chi connectivity index (χ1v) is 6.65. The Kier molecular flexibility index (Phi) is 3.14. The highest BCUT2D eigenvalue weighted by Gasteiger charge is 2.29. The molecule has 2 amide bonds. The molecule has 1 saturated heterocycles. The van der Waals surface area contributed by atoms with Crippen LogP contribution in [0.4, 0.5) is 0 Å². The number of aromatic amines is 1. The maximum absolute atomic E-state index is 12.5. The van der Waals surface area contributed by atoms with Gasteiger partial charge in [-0.05, 0) is 24.5 Å². The summed E-state index contributed by atoms with van der Waals surface area (Å²) in [4.78, 5) is 32.4. The van der Waals surface area contributed by atoms with E-state index in [1.165, 1.54) is 0 Å². The van der Waals surface area contributed by atoms with Gasteiger partial charge in [0.1, 0.15) is 5.65 Å². The molecular weight excluding hydrogens is 256 g/mol. The number of fused-ring (bicyclic) bond motifs is 1. The molecule has 0 spiro atoms. The molecule has 104 valence electrons. The number of hydrogen-bond donors (Lipinski definition) is 2. The first-order chi connectivity index (χ1) is 9.65. The maximum Gasteiger partial charge on any atom is 0.256 e. The predicted octanol–water partition coefficient (Wildman–Crippen LogP) is 0.900. The third kappa shape index (κ3) is 2.24. The van der Waals surface area contributed by atoms with Gasteiger partial charge in [0.25, 0.3) is 5.91 Å². The van der Waals surface area contributed by atoms with Crippen LogP contribution in [0.3, 0.4) is 0 Å². The zero-order chi connectivity index (χ0) is 14.1. The lowest BCUT2D eigenvalue weighted by molar-refractivity contribution is -0.118. The van der Waals surface area contributed by atoms with Crippen LogP contribution in [0.25, 0.3) is 11.0 Å². The van der Waals surface area contributed by atoms with E-state index >= 15 is 0 Å². The van der Waals surface area contributed by atoms with Crippen molar-refractivity contribution in [3.63, 3.8) is 0 Å². The molecule has 6 heteroatoms. The van der Waals surface area contributed by atoms with Gasteiger partial charge in [0.05, 0.1) is 5.56 Å². The number of nitrogens with zero attached hydrogens (tertiary/aromatic N) is 2. The molecule has 1 unspecified atom stereocenters. The van der Waals surface area contributed by atoms with Crippen LogP contribution in [0.5, 0.6) is 0 Å². The van der Waals surface area contributed by atoms with Gasteiger partial charge in [0.15, 0.2) is 0 Å². The minimum Gasteiger partial charge on any atom is -0.370 e. The molecule has 2 aromatic heterocycles. The SMILES string of the molecule is NC(=O)CC1CCN(C(=O)c2c[nH]c3ncccc23)C1. The van der Waals surface area contributed by atoms with Crippen molar-refractivity contribution >= 4 is 22.8 Å². The van der Waals surface area contributed by atoms with Gasteiger partial charge in [-0.3, -0.25) is 9.59 Å². The monoisotopic (exact) mass is 272 g/mol. The number of carbonyl (C=O) groups is 2. The number of hydrogen-bond acceptors (Lipinski definition) is 3. The highest BCUT2D eigenvalue weighted by Crippen LogP contribution is 2.24. The Balaban J connectivity index is 1.78. The fraction of sp³-hybridized carbons (Fsp3) is 0.357. The highest BCUT2D eigenvalue weighted by molar-refractivity contribution is 6.05. The summed E-state index contributed by atoms with van der Waals surface area (Å²) in [7, 11) is 0. The Labute approximate surface area is 116 Å². The second-order valence-electron chi connectivity index (χ2n) is 5.18. The smallest absolute Gasteiger partial charge is 0.256 e. The van der Waals surface area contributed by atoms with Crippen LogP contribution in [-0.4, -0.2) is 39.8 Å². The van der Waals surface area contributed by atoms with Crippen LogP contribution in [0.1, 0.15) is 23.2 Å². The van der Waals surface area contributed by atoms with Crippen molar-refractivity contribution in [2.24, 2.45) is 11.7 Å². The van der Waals surface area contributed by atoms with E-state index < -0.39 is 0 Å². The minimum absolute atomic E-state index is 0.0174. The Morgan fingerprint density at radius 1 is 1.50 bits per heavy atom. The third-order valence-corrected chi connectivity index (χ3v) is 3.74. The number of nitrogens with one attached hydrogen (secondary N) is 1. The van der Waals surface area contributed by atoms with Crippen molar-refractivity contribution in [1.82, 2.24) is 14.9 Å². The van der Waals surface area contributed by atoms with Crippen molar-refractivity contribution in [1.29, 1.82) is 0 Å². The molecule has 3 heterocycles. The lowest BCUT2D eigenvalue weighted by atomic mass is 10.1. The number of carbonyl (C=O) groups excluding carboxylic acids is 2. The predicted molar refractivity (Wildman–Crippen MR) is 73.9 cm³/mol. The normalized spacial score (nSPS) is 18.6. The van der Waals surface area contributed by atoms with Gasteiger partial charge in [-0.2, -0.15) is 0 Å². The number of likely N-dealkylation sites (tertiary alicyclic amines) is 1. The van der Waals surface area contributed by atoms with Gasteiger partial charge in [0.2, 0.25) is 5.91 Å². The summed E-state index contributed by atoms with van der Waals surface area (Å²) in [5, 5.41) is 0.829. The summed E-state index contributed by atoms with van der Waals surface area (Å²) in [6.45, 7) is 1.26. The number of H-pyrrole nitrogens is 1. The van der Waals surface area contributed by atoms with E-state index in [1.807, 2.05) is 12.1 Å². The topological polar surface area (TPSA) is 92.1 Å². The molecule has 3 rings (SSSR count). The van der Waals surface area contributed by atoms with E-state index in [0.29, 0.717) is 30.7 Å². The second kappa shape index (κ2) is 4.96. The molecule has 0 radical (unpaired) electrons. The third-order valence-electron chi connectivity index (χ3n) is 3.74. The van der Waals surface area contributed by atoms with Crippen LogP contribution in [0, 0.1) is 5.92 Å². The Morgan fingerprint density at radius 2 is 2.35 bits per heavy atom. The van der Waals surface area contributed by atoms with E-state index in [1.54, 1.807) is 17.3 Å². The van der Waals surface area contributed by atoms with E-state index in [4.69, 9.17) is 5.73 Å². The number of nitrogens with two attached hydrogens (primary N) is 1. The van der Waals surface area contributed by atoms with Gasteiger partial charge in [-0.1, -0.05) is 0 Å². The van der Waals surface area contributed by atoms with E-state index in [2.05, 4.69) is 9.97 Å². The van der Waals surface area contributed by atoms with E-state index in [9.17, 15) is 9.59 Å². The van der Waals surface area contributed by atoms with Crippen molar-refractivity contribution in [2.45, 2.75) is 12.8 Å². The van der Waals surface area contributed by atoms with Gasteiger partial charge < -0.3 is 15.6 Å². The molecular formula is C14H16N4O2.